The highest BCUT2D eigenvalue weighted by Crippen LogP contribution is 2.12. The summed E-state index contributed by atoms with van der Waals surface area (Å²) in [5.74, 6) is -0.327. The van der Waals surface area contributed by atoms with Crippen molar-refractivity contribution in [2.45, 2.75) is 32.8 Å². The Labute approximate surface area is 150 Å². The molecule has 0 radical (unpaired) electrons. The first-order chi connectivity index (χ1) is 12.5. The number of hydrogen-bond acceptors (Lipinski definition) is 4. The molecule has 3 rings (SSSR count). The fourth-order valence-electron chi connectivity index (χ4n) is 2.82. The summed E-state index contributed by atoms with van der Waals surface area (Å²) in [4.78, 5) is 29.6. The summed E-state index contributed by atoms with van der Waals surface area (Å²) in [5.41, 5.74) is 2.63. The van der Waals surface area contributed by atoms with Crippen LogP contribution in [0.15, 0.2) is 41.3 Å². The number of benzene rings is 1. The molecule has 0 aliphatic rings. The number of nitrogens with zero attached hydrogens (tertiary/aromatic N) is 2. The number of aromatic amines is 1. The predicted octanol–water partition coefficient (Wildman–Crippen LogP) is 1.42. The quantitative estimate of drug-likeness (QED) is 0.623. The number of carbonyl (C=O) groups is 1. The first-order valence-electron chi connectivity index (χ1n) is 8.57. The van der Waals surface area contributed by atoms with Crippen molar-refractivity contribution < 1.29 is 9.90 Å². The zero-order valence-electron chi connectivity index (χ0n) is 14.8. The number of aromatic nitrogens is 3. The molecule has 0 saturated carbocycles. The van der Waals surface area contributed by atoms with Crippen LogP contribution in [-0.4, -0.2) is 38.3 Å². The predicted molar refractivity (Wildman–Crippen MR) is 98.4 cm³/mol. The van der Waals surface area contributed by atoms with Crippen molar-refractivity contribution in [2.75, 3.05) is 6.54 Å². The number of rotatable bonds is 6. The third kappa shape index (κ3) is 3.67. The summed E-state index contributed by atoms with van der Waals surface area (Å²) in [7, 11) is 0. The lowest BCUT2D eigenvalue weighted by Gasteiger charge is -2.07. The molecule has 1 aromatic carbocycles. The molecule has 0 aliphatic heterocycles. The molecule has 1 atom stereocenters. The van der Waals surface area contributed by atoms with Crippen molar-refractivity contribution in [3.8, 4) is 0 Å². The molecular formula is C19H22N4O3. The van der Waals surface area contributed by atoms with Gasteiger partial charge in [0.25, 0.3) is 11.5 Å². The maximum atomic E-state index is 12.8. The van der Waals surface area contributed by atoms with Gasteiger partial charge in [0.1, 0.15) is 5.56 Å². The van der Waals surface area contributed by atoms with Crippen LogP contribution in [-0.2, 0) is 6.42 Å². The van der Waals surface area contributed by atoms with Gasteiger partial charge in [-0.2, -0.15) is 0 Å². The number of amides is 1. The zero-order chi connectivity index (χ0) is 18.7. The molecule has 26 heavy (non-hydrogen) atoms. The average Bonchev–Trinajstić information content (AvgIpc) is 3.03. The van der Waals surface area contributed by atoms with Gasteiger partial charge < -0.3 is 10.4 Å². The van der Waals surface area contributed by atoms with Crippen LogP contribution in [0.1, 0.15) is 40.5 Å². The molecule has 0 spiro atoms. The summed E-state index contributed by atoms with van der Waals surface area (Å²) >= 11 is 0. The van der Waals surface area contributed by atoms with Crippen LogP contribution < -0.4 is 10.9 Å². The number of aliphatic hydroxyl groups excluding tert-OH is 1. The highest BCUT2D eigenvalue weighted by atomic mass is 16.3. The van der Waals surface area contributed by atoms with E-state index < -0.39 is 6.10 Å². The molecule has 2 aromatic heterocycles. The monoisotopic (exact) mass is 354 g/mol. The van der Waals surface area contributed by atoms with Gasteiger partial charge in [0.15, 0.2) is 5.65 Å². The normalized spacial score (nSPS) is 12.3. The van der Waals surface area contributed by atoms with E-state index in [4.69, 9.17) is 0 Å². The minimum atomic E-state index is -0.484. The van der Waals surface area contributed by atoms with Gasteiger partial charge in [0.2, 0.25) is 0 Å². The van der Waals surface area contributed by atoms with Gasteiger partial charge in [0.05, 0.1) is 6.10 Å². The smallest absolute Gasteiger partial charge is 0.276 e. The molecule has 0 saturated heterocycles. The molecule has 1 amide bonds. The van der Waals surface area contributed by atoms with E-state index in [1.54, 1.807) is 13.8 Å². The van der Waals surface area contributed by atoms with Crippen LogP contribution in [0.4, 0.5) is 0 Å². The second-order valence-corrected chi connectivity index (χ2v) is 6.38. The number of hydrogen-bond donors (Lipinski definition) is 3. The Bertz CT molecular complexity index is 974. The van der Waals surface area contributed by atoms with Gasteiger partial charge >= 0.3 is 0 Å². The van der Waals surface area contributed by atoms with Crippen molar-refractivity contribution in [2.24, 2.45) is 0 Å². The number of nitrogens with one attached hydrogen (secondary N) is 2. The van der Waals surface area contributed by atoms with Gasteiger partial charge in [-0.25, -0.2) is 9.50 Å². The summed E-state index contributed by atoms with van der Waals surface area (Å²) < 4.78 is 1.30. The molecule has 7 nitrogen and oxygen atoms in total. The standard InChI is InChI=1S/C19H22N4O3/c1-12(24)8-9-20-18(25)16-11-21-23-17(16)22-13(2)15(19(23)26)10-14-6-4-3-5-7-14/h3-7,11-12,21,24H,8-10H2,1-2H3,(H,20,25)/t12-/m0/s1. The zero-order valence-corrected chi connectivity index (χ0v) is 14.8. The molecular weight excluding hydrogens is 332 g/mol. The lowest BCUT2D eigenvalue weighted by atomic mass is 10.1. The van der Waals surface area contributed by atoms with Crippen molar-refractivity contribution in [1.82, 2.24) is 19.9 Å². The molecule has 136 valence electrons. The summed E-state index contributed by atoms with van der Waals surface area (Å²) in [6.07, 6.45) is 1.94. The van der Waals surface area contributed by atoms with Crippen LogP contribution in [0.2, 0.25) is 0 Å². The number of aliphatic hydroxyl groups is 1. The van der Waals surface area contributed by atoms with E-state index in [0.717, 1.165) is 5.56 Å². The number of carbonyl (C=O) groups excluding carboxylic acids is 1. The topological polar surface area (TPSA) is 99.5 Å². The second kappa shape index (κ2) is 7.53. The van der Waals surface area contributed by atoms with Crippen LogP contribution >= 0.6 is 0 Å². The molecule has 0 unspecified atom stereocenters. The highest BCUT2D eigenvalue weighted by molar-refractivity contribution is 5.99. The van der Waals surface area contributed by atoms with E-state index in [9.17, 15) is 14.7 Å². The summed E-state index contributed by atoms with van der Waals surface area (Å²) in [6.45, 7) is 3.79. The van der Waals surface area contributed by atoms with Crippen molar-refractivity contribution in [1.29, 1.82) is 0 Å². The first-order valence-corrected chi connectivity index (χ1v) is 8.57. The molecule has 2 heterocycles. The number of aryl methyl sites for hydroxylation is 1. The van der Waals surface area contributed by atoms with Crippen molar-refractivity contribution in [3.63, 3.8) is 0 Å². The Morgan fingerprint density at radius 3 is 2.77 bits per heavy atom. The van der Waals surface area contributed by atoms with Crippen LogP contribution in [0, 0.1) is 6.92 Å². The van der Waals surface area contributed by atoms with Gasteiger partial charge in [-0.1, -0.05) is 30.3 Å². The maximum absolute atomic E-state index is 12.8. The fraction of sp³-hybridized carbons (Fsp3) is 0.316. The number of fused-ring (bicyclic) bond motifs is 1. The summed E-state index contributed by atoms with van der Waals surface area (Å²) in [5, 5.41) is 14.8. The van der Waals surface area contributed by atoms with Gasteiger partial charge in [-0.05, 0) is 25.8 Å². The SMILES string of the molecule is Cc1nc2c(C(=O)NCC[C@H](C)O)c[nH]n2c(=O)c1Cc1ccccc1. The Morgan fingerprint density at radius 1 is 1.35 bits per heavy atom. The van der Waals surface area contributed by atoms with Crippen LogP contribution in [0.5, 0.6) is 0 Å². The Kier molecular flexibility index (Phi) is 5.18. The van der Waals surface area contributed by atoms with Crippen LogP contribution in [0.25, 0.3) is 5.65 Å². The first kappa shape index (κ1) is 17.9. The molecule has 7 heteroatoms. The maximum Gasteiger partial charge on any atom is 0.276 e. The minimum Gasteiger partial charge on any atom is -0.393 e. The number of H-pyrrole nitrogens is 1. The minimum absolute atomic E-state index is 0.209. The van der Waals surface area contributed by atoms with Gasteiger partial charge in [-0.3, -0.25) is 14.7 Å². The van der Waals surface area contributed by atoms with E-state index in [0.29, 0.717) is 41.9 Å². The van der Waals surface area contributed by atoms with E-state index >= 15 is 0 Å². The Balaban J connectivity index is 1.91. The van der Waals surface area contributed by atoms with Crippen molar-refractivity contribution >= 4 is 11.6 Å². The van der Waals surface area contributed by atoms with Gasteiger partial charge in [0, 0.05) is 30.4 Å². The summed E-state index contributed by atoms with van der Waals surface area (Å²) in [6, 6.07) is 9.71. The third-order valence-corrected chi connectivity index (χ3v) is 4.28. The molecule has 3 aromatic rings. The largest absolute Gasteiger partial charge is 0.393 e. The second-order valence-electron chi connectivity index (χ2n) is 6.38. The fourth-order valence-corrected chi connectivity index (χ4v) is 2.82. The van der Waals surface area contributed by atoms with E-state index in [2.05, 4.69) is 15.4 Å². The van der Waals surface area contributed by atoms with Gasteiger partial charge in [-0.15, -0.1) is 0 Å². The average molecular weight is 354 g/mol. The van der Waals surface area contributed by atoms with Crippen molar-refractivity contribution in [3.05, 3.63) is 69.3 Å². The Morgan fingerprint density at radius 2 is 2.08 bits per heavy atom. The van der Waals surface area contributed by atoms with E-state index in [1.807, 2.05) is 30.3 Å². The van der Waals surface area contributed by atoms with E-state index in [-0.39, 0.29) is 11.5 Å². The van der Waals surface area contributed by atoms with Crippen LogP contribution in [0.3, 0.4) is 0 Å². The molecule has 3 N–H and O–H groups in total. The molecule has 0 aliphatic carbocycles. The third-order valence-electron chi connectivity index (χ3n) is 4.28. The molecule has 0 bridgehead atoms. The Hall–Kier alpha value is -2.93. The van der Waals surface area contributed by atoms with E-state index in [1.165, 1.54) is 10.7 Å². The lowest BCUT2D eigenvalue weighted by Crippen LogP contribution is -2.27. The highest BCUT2D eigenvalue weighted by Gasteiger charge is 2.18. The lowest BCUT2D eigenvalue weighted by molar-refractivity contribution is 0.0947. The molecule has 0 fully saturated rings.